The maximum absolute atomic E-state index is 6.25. The Morgan fingerprint density at radius 2 is 1.65 bits per heavy atom. The molecule has 0 aliphatic heterocycles. The predicted molar refractivity (Wildman–Crippen MR) is 83.8 cm³/mol. The van der Waals surface area contributed by atoms with E-state index in [-0.39, 0.29) is 0 Å². The van der Waals surface area contributed by atoms with Crippen molar-refractivity contribution < 1.29 is 9.47 Å². The van der Waals surface area contributed by atoms with Gasteiger partial charge in [0.25, 0.3) is 0 Å². The second-order valence-corrected chi connectivity index (χ2v) is 6.83. The maximum atomic E-state index is 6.25. The van der Waals surface area contributed by atoms with Gasteiger partial charge in [-0.2, -0.15) is 0 Å². The zero-order valence-electron chi connectivity index (χ0n) is 14.0. The molecule has 0 heterocycles. The Bertz CT molecular complexity index is 263. The fraction of sp³-hybridized carbons (Fsp3) is 1.00. The molecule has 0 radical (unpaired) electrons. The average Bonchev–Trinajstić information content (AvgIpc) is 2.42. The molecular weight excluding hydrogens is 252 g/mol. The van der Waals surface area contributed by atoms with Crippen LogP contribution in [0, 0.1) is 17.3 Å². The minimum Gasteiger partial charge on any atom is -0.383 e. The first-order valence-electron chi connectivity index (χ1n) is 7.89. The highest BCUT2D eigenvalue weighted by Crippen LogP contribution is 2.44. The van der Waals surface area contributed by atoms with Crippen LogP contribution in [0.1, 0.15) is 33.6 Å². The Morgan fingerprint density at radius 1 is 1.10 bits per heavy atom. The molecule has 20 heavy (non-hydrogen) atoms. The number of rotatable bonds is 8. The highest BCUT2D eigenvalue weighted by molar-refractivity contribution is 4.94. The minimum atomic E-state index is 0.302. The molecule has 0 saturated heterocycles. The second-order valence-electron chi connectivity index (χ2n) is 6.83. The van der Waals surface area contributed by atoms with Crippen molar-refractivity contribution in [1.82, 2.24) is 4.90 Å². The summed E-state index contributed by atoms with van der Waals surface area (Å²) in [7, 11) is 3.53. The molecule has 1 aliphatic carbocycles. The van der Waals surface area contributed by atoms with Crippen LogP contribution >= 0.6 is 0 Å². The highest BCUT2D eigenvalue weighted by atomic mass is 16.5. The van der Waals surface area contributed by atoms with Crippen LogP contribution in [0.3, 0.4) is 0 Å². The lowest BCUT2D eigenvalue weighted by Gasteiger charge is -2.48. The third-order valence-corrected chi connectivity index (χ3v) is 5.42. The van der Waals surface area contributed by atoms with Crippen LogP contribution in [0.25, 0.3) is 0 Å². The van der Waals surface area contributed by atoms with Crippen LogP contribution in [0.15, 0.2) is 0 Å². The molecule has 4 nitrogen and oxygen atoms in total. The zero-order chi connectivity index (χ0) is 15.2. The smallest absolute Gasteiger partial charge is 0.0589 e. The summed E-state index contributed by atoms with van der Waals surface area (Å²) in [5.41, 5.74) is 6.56. The monoisotopic (exact) mass is 286 g/mol. The Labute approximate surface area is 125 Å². The zero-order valence-corrected chi connectivity index (χ0v) is 14.0. The van der Waals surface area contributed by atoms with Gasteiger partial charge in [0.15, 0.2) is 0 Å². The van der Waals surface area contributed by atoms with Crippen molar-refractivity contribution in [3.8, 4) is 0 Å². The van der Waals surface area contributed by atoms with E-state index in [1.54, 1.807) is 14.2 Å². The van der Waals surface area contributed by atoms with Crippen LogP contribution in [-0.2, 0) is 9.47 Å². The standard InChI is InChI=1S/C16H34N2O2/c1-13-15(17)7-6-14(16(13,2)3)12-18(8-10-19-4)9-11-20-5/h13-15H,6-12,17H2,1-5H3. The first-order valence-corrected chi connectivity index (χ1v) is 7.89. The molecule has 2 N–H and O–H groups in total. The van der Waals surface area contributed by atoms with Gasteiger partial charge < -0.3 is 15.2 Å². The van der Waals surface area contributed by atoms with Crippen LogP contribution in [-0.4, -0.2) is 58.0 Å². The number of hydrogen-bond donors (Lipinski definition) is 1. The van der Waals surface area contributed by atoms with Crippen molar-refractivity contribution in [3.63, 3.8) is 0 Å². The summed E-state index contributed by atoms with van der Waals surface area (Å²) in [6.45, 7) is 11.7. The fourth-order valence-electron chi connectivity index (χ4n) is 3.31. The van der Waals surface area contributed by atoms with E-state index >= 15 is 0 Å². The molecule has 1 aliphatic rings. The number of nitrogens with zero attached hydrogens (tertiary/aromatic N) is 1. The van der Waals surface area contributed by atoms with Crippen LogP contribution in [0.2, 0.25) is 0 Å². The fourth-order valence-corrected chi connectivity index (χ4v) is 3.31. The van der Waals surface area contributed by atoms with E-state index < -0.39 is 0 Å². The molecule has 0 spiro atoms. The summed E-state index contributed by atoms with van der Waals surface area (Å²) in [5.74, 6) is 1.28. The van der Waals surface area contributed by atoms with E-state index in [1.165, 1.54) is 6.42 Å². The predicted octanol–water partition coefficient (Wildman–Crippen LogP) is 1.98. The number of hydrogen-bond acceptors (Lipinski definition) is 4. The first-order chi connectivity index (χ1) is 9.43. The van der Waals surface area contributed by atoms with Crippen LogP contribution in [0.5, 0.6) is 0 Å². The summed E-state index contributed by atoms with van der Waals surface area (Å²) in [6, 6.07) is 0.354. The third kappa shape index (κ3) is 4.69. The second kappa shape index (κ2) is 8.32. The highest BCUT2D eigenvalue weighted by Gasteiger charge is 2.41. The Hall–Kier alpha value is -0.160. The van der Waals surface area contributed by atoms with Gasteiger partial charge in [-0.15, -0.1) is 0 Å². The van der Waals surface area contributed by atoms with Gasteiger partial charge >= 0.3 is 0 Å². The Kier molecular flexibility index (Phi) is 7.45. The van der Waals surface area contributed by atoms with Gasteiger partial charge in [0.1, 0.15) is 0 Å². The van der Waals surface area contributed by atoms with E-state index in [0.717, 1.165) is 39.3 Å². The molecular formula is C16H34N2O2. The van der Waals surface area contributed by atoms with Crippen molar-refractivity contribution in [2.75, 3.05) is 47.1 Å². The summed E-state index contributed by atoms with van der Waals surface area (Å²) in [6.07, 6.45) is 2.38. The van der Waals surface area contributed by atoms with Crippen molar-refractivity contribution >= 4 is 0 Å². The number of nitrogens with two attached hydrogens (primary N) is 1. The minimum absolute atomic E-state index is 0.302. The van der Waals surface area contributed by atoms with Crippen LogP contribution in [0.4, 0.5) is 0 Å². The molecule has 1 rings (SSSR count). The lowest BCUT2D eigenvalue weighted by Crippen LogP contribution is -2.50. The van der Waals surface area contributed by atoms with Crippen molar-refractivity contribution in [2.45, 2.75) is 39.7 Å². The van der Waals surface area contributed by atoms with E-state index in [2.05, 4.69) is 25.7 Å². The quantitative estimate of drug-likeness (QED) is 0.741. The van der Waals surface area contributed by atoms with Crippen LogP contribution < -0.4 is 5.73 Å². The van der Waals surface area contributed by atoms with E-state index in [9.17, 15) is 0 Å². The molecule has 0 amide bonds. The Balaban J connectivity index is 2.61. The third-order valence-electron chi connectivity index (χ3n) is 5.42. The molecule has 4 heteroatoms. The van der Waals surface area contributed by atoms with Crippen molar-refractivity contribution in [2.24, 2.45) is 23.0 Å². The van der Waals surface area contributed by atoms with Gasteiger partial charge in [0.2, 0.25) is 0 Å². The molecule has 3 unspecified atom stereocenters. The number of methoxy groups -OCH3 is 2. The molecule has 0 bridgehead atoms. The van der Waals surface area contributed by atoms with E-state index in [1.807, 2.05) is 0 Å². The van der Waals surface area contributed by atoms with Crippen molar-refractivity contribution in [3.05, 3.63) is 0 Å². The van der Waals surface area contributed by atoms with Gasteiger partial charge in [-0.1, -0.05) is 20.8 Å². The largest absolute Gasteiger partial charge is 0.383 e. The molecule has 0 aromatic carbocycles. The summed E-state index contributed by atoms with van der Waals surface area (Å²) < 4.78 is 10.5. The number of ether oxygens (including phenoxy) is 2. The SMILES string of the molecule is COCCN(CCOC)CC1CCC(N)C(C)C1(C)C. The topological polar surface area (TPSA) is 47.7 Å². The molecule has 3 atom stereocenters. The van der Waals surface area contributed by atoms with Gasteiger partial charge in [-0.05, 0) is 30.1 Å². The van der Waals surface area contributed by atoms with Gasteiger partial charge in [-0.3, -0.25) is 4.90 Å². The summed E-state index contributed by atoms with van der Waals surface area (Å²) in [4.78, 5) is 2.48. The molecule has 120 valence electrons. The first kappa shape index (κ1) is 17.9. The molecule has 0 aromatic rings. The van der Waals surface area contributed by atoms with Crippen molar-refractivity contribution in [1.29, 1.82) is 0 Å². The van der Waals surface area contributed by atoms with Gasteiger partial charge in [-0.25, -0.2) is 0 Å². The normalized spacial score (nSPS) is 29.9. The van der Waals surface area contributed by atoms with E-state index in [4.69, 9.17) is 15.2 Å². The summed E-state index contributed by atoms with van der Waals surface area (Å²) >= 11 is 0. The lowest BCUT2D eigenvalue weighted by molar-refractivity contribution is 0.0171. The van der Waals surface area contributed by atoms with Gasteiger partial charge in [0.05, 0.1) is 13.2 Å². The summed E-state index contributed by atoms with van der Waals surface area (Å²) in [5, 5.41) is 0. The molecule has 1 saturated carbocycles. The van der Waals surface area contributed by atoms with Gasteiger partial charge in [0, 0.05) is 39.9 Å². The maximum Gasteiger partial charge on any atom is 0.0589 e. The molecule has 0 aromatic heterocycles. The lowest BCUT2D eigenvalue weighted by atomic mass is 9.61. The average molecular weight is 286 g/mol. The van der Waals surface area contributed by atoms with E-state index in [0.29, 0.717) is 23.3 Å². The Morgan fingerprint density at radius 3 is 2.15 bits per heavy atom. The molecule has 1 fully saturated rings.